The average molecular weight is 372 g/mol. The van der Waals surface area contributed by atoms with Crippen molar-refractivity contribution >= 4 is 29.1 Å². The SMILES string of the molecule is CC(=O)Nc1ccc(C(=O)CSc2nnc(C)n2C2CCCCC2)cc1. The van der Waals surface area contributed by atoms with Crippen LogP contribution in [0.5, 0.6) is 0 Å². The van der Waals surface area contributed by atoms with Gasteiger partial charge in [-0.05, 0) is 44.0 Å². The third kappa shape index (κ3) is 4.52. The monoisotopic (exact) mass is 372 g/mol. The maximum Gasteiger partial charge on any atom is 0.221 e. The van der Waals surface area contributed by atoms with Gasteiger partial charge in [0.2, 0.25) is 5.91 Å². The van der Waals surface area contributed by atoms with Crippen molar-refractivity contribution in [2.75, 3.05) is 11.1 Å². The number of nitrogens with zero attached hydrogens (tertiary/aromatic N) is 3. The summed E-state index contributed by atoms with van der Waals surface area (Å²) in [5, 5.41) is 12.0. The topological polar surface area (TPSA) is 76.9 Å². The number of hydrogen-bond donors (Lipinski definition) is 1. The van der Waals surface area contributed by atoms with Crippen molar-refractivity contribution in [1.29, 1.82) is 0 Å². The third-order valence-electron chi connectivity index (χ3n) is 4.63. The lowest BCUT2D eigenvalue weighted by Crippen LogP contribution is -2.15. The number of ketones is 1. The molecule has 26 heavy (non-hydrogen) atoms. The molecule has 138 valence electrons. The number of benzene rings is 1. The van der Waals surface area contributed by atoms with Crippen molar-refractivity contribution in [3.8, 4) is 0 Å². The molecule has 1 heterocycles. The number of aromatic nitrogens is 3. The van der Waals surface area contributed by atoms with Crippen LogP contribution in [0.4, 0.5) is 5.69 Å². The highest BCUT2D eigenvalue weighted by molar-refractivity contribution is 7.99. The van der Waals surface area contributed by atoms with Gasteiger partial charge in [0, 0.05) is 24.2 Å². The minimum Gasteiger partial charge on any atom is -0.326 e. The van der Waals surface area contributed by atoms with Crippen molar-refractivity contribution < 1.29 is 9.59 Å². The molecule has 1 aliphatic rings. The van der Waals surface area contributed by atoms with E-state index in [1.807, 2.05) is 6.92 Å². The molecule has 0 radical (unpaired) electrons. The summed E-state index contributed by atoms with van der Waals surface area (Å²) >= 11 is 1.45. The zero-order valence-corrected chi connectivity index (χ0v) is 16.0. The lowest BCUT2D eigenvalue weighted by atomic mass is 9.95. The molecular formula is C19H24N4O2S. The first-order chi connectivity index (χ1) is 12.5. The van der Waals surface area contributed by atoms with Crippen LogP contribution in [0.2, 0.25) is 0 Å². The lowest BCUT2D eigenvalue weighted by molar-refractivity contribution is -0.114. The van der Waals surface area contributed by atoms with E-state index in [1.165, 1.54) is 37.9 Å². The number of amides is 1. The maximum atomic E-state index is 12.5. The molecule has 0 saturated heterocycles. The average Bonchev–Trinajstić information content (AvgIpc) is 3.01. The van der Waals surface area contributed by atoms with Gasteiger partial charge in [-0.2, -0.15) is 0 Å². The second-order valence-electron chi connectivity index (χ2n) is 6.66. The Hall–Kier alpha value is -2.15. The number of thioether (sulfide) groups is 1. The Bertz CT molecular complexity index is 779. The molecule has 1 fully saturated rings. The molecule has 6 nitrogen and oxygen atoms in total. The molecule has 2 aromatic rings. The number of aryl methyl sites for hydroxylation is 1. The lowest BCUT2D eigenvalue weighted by Gasteiger charge is -2.24. The van der Waals surface area contributed by atoms with Gasteiger partial charge >= 0.3 is 0 Å². The van der Waals surface area contributed by atoms with Crippen LogP contribution in [-0.4, -0.2) is 32.2 Å². The first-order valence-corrected chi connectivity index (χ1v) is 9.98. The van der Waals surface area contributed by atoms with E-state index in [0.717, 1.165) is 23.8 Å². The highest BCUT2D eigenvalue weighted by Gasteiger charge is 2.22. The van der Waals surface area contributed by atoms with Crippen molar-refractivity contribution in [1.82, 2.24) is 14.8 Å². The van der Waals surface area contributed by atoms with E-state index in [0.29, 0.717) is 23.0 Å². The van der Waals surface area contributed by atoms with Gasteiger partial charge in [0.25, 0.3) is 0 Å². The molecule has 1 aromatic carbocycles. The van der Waals surface area contributed by atoms with Crippen molar-refractivity contribution in [2.45, 2.75) is 57.1 Å². The van der Waals surface area contributed by atoms with Crippen LogP contribution in [0.3, 0.4) is 0 Å². The zero-order chi connectivity index (χ0) is 18.5. The van der Waals surface area contributed by atoms with Gasteiger partial charge in [-0.15, -0.1) is 10.2 Å². The first-order valence-electron chi connectivity index (χ1n) is 9.00. The Morgan fingerprint density at radius 1 is 1.15 bits per heavy atom. The van der Waals surface area contributed by atoms with Gasteiger partial charge in [0.05, 0.1) is 5.75 Å². The van der Waals surface area contributed by atoms with Crippen LogP contribution >= 0.6 is 11.8 Å². The van der Waals surface area contributed by atoms with Crippen LogP contribution in [0.15, 0.2) is 29.4 Å². The Labute approximate surface area is 157 Å². The molecule has 1 aromatic heterocycles. The number of hydrogen-bond acceptors (Lipinski definition) is 5. The summed E-state index contributed by atoms with van der Waals surface area (Å²) < 4.78 is 2.21. The quantitative estimate of drug-likeness (QED) is 0.612. The summed E-state index contributed by atoms with van der Waals surface area (Å²) in [6, 6.07) is 7.42. The molecule has 0 spiro atoms. The number of nitrogens with one attached hydrogen (secondary N) is 1. The highest BCUT2D eigenvalue weighted by Crippen LogP contribution is 2.32. The Morgan fingerprint density at radius 3 is 2.50 bits per heavy atom. The van der Waals surface area contributed by atoms with Gasteiger partial charge in [-0.25, -0.2) is 0 Å². The van der Waals surface area contributed by atoms with Crippen LogP contribution in [0.1, 0.15) is 61.3 Å². The molecule has 1 amide bonds. The number of carbonyl (C=O) groups is 2. The summed E-state index contributed by atoms with van der Waals surface area (Å²) in [6.45, 7) is 3.44. The number of carbonyl (C=O) groups excluding carboxylic acids is 2. The van der Waals surface area contributed by atoms with Gasteiger partial charge in [-0.3, -0.25) is 9.59 Å². The van der Waals surface area contributed by atoms with Crippen LogP contribution < -0.4 is 5.32 Å². The van der Waals surface area contributed by atoms with Crippen molar-refractivity contribution in [2.24, 2.45) is 0 Å². The summed E-state index contributed by atoms with van der Waals surface area (Å²) in [5.74, 6) is 1.16. The fourth-order valence-corrected chi connectivity index (χ4v) is 4.31. The van der Waals surface area contributed by atoms with Gasteiger partial charge in [0.15, 0.2) is 10.9 Å². The molecular weight excluding hydrogens is 348 g/mol. The van der Waals surface area contributed by atoms with Crippen molar-refractivity contribution in [3.63, 3.8) is 0 Å². The normalized spacial score (nSPS) is 15.0. The summed E-state index contributed by atoms with van der Waals surface area (Å²) in [5.41, 5.74) is 1.32. The molecule has 1 saturated carbocycles. The predicted molar refractivity (Wildman–Crippen MR) is 103 cm³/mol. The second kappa shape index (κ2) is 8.49. The Kier molecular flexibility index (Phi) is 6.08. The Morgan fingerprint density at radius 2 is 1.85 bits per heavy atom. The maximum absolute atomic E-state index is 12.5. The fraction of sp³-hybridized carbons (Fsp3) is 0.474. The molecule has 7 heteroatoms. The van der Waals surface area contributed by atoms with E-state index in [9.17, 15) is 9.59 Å². The van der Waals surface area contributed by atoms with Crippen LogP contribution in [0.25, 0.3) is 0 Å². The fourth-order valence-electron chi connectivity index (χ4n) is 3.36. The third-order valence-corrected chi connectivity index (χ3v) is 5.58. The molecule has 1 N–H and O–H groups in total. The van der Waals surface area contributed by atoms with E-state index in [2.05, 4.69) is 20.1 Å². The summed E-state index contributed by atoms with van der Waals surface area (Å²) in [4.78, 5) is 23.5. The molecule has 1 aliphatic carbocycles. The Balaban J connectivity index is 1.63. The van der Waals surface area contributed by atoms with Crippen LogP contribution in [0, 0.1) is 6.92 Å². The van der Waals surface area contributed by atoms with Gasteiger partial charge in [-0.1, -0.05) is 31.0 Å². The van der Waals surface area contributed by atoms with E-state index in [1.54, 1.807) is 24.3 Å². The number of Topliss-reactive ketones (excluding diaryl/α,β-unsaturated/α-hetero) is 1. The molecule has 0 unspecified atom stereocenters. The minimum absolute atomic E-state index is 0.0419. The number of anilines is 1. The first kappa shape index (κ1) is 18.6. The molecule has 0 aliphatic heterocycles. The van der Waals surface area contributed by atoms with E-state index in [4.69, 9.17) is 0 Å². The van der Waals surface area contributed by atoms with E-state index in [-0.39, 0.29) is 11.7 Å². The zero-order valence-electron chi connectivity index (χ0n) is 15.2. The van der Waals surface area contributed by atoms with Gasteiger partial charge in [0.1, 0.15) is 5.82 Å². The van der Waals surface area contributed by atoms with E-state index < -0.39 is 0 Å². The largest absolute Gasteiger partial charge is 0.326 e. The highest BCUT2D eigenvalue weighted by atomic mass is 32.2. The van der Waals surface area contributed by atoms with E-state index >= 15 is 0 Å². The standard InChI is InChI=1S/C19H24N4O2S/c1-13-21-22-19(23(13)17-6-4-3-5-7-17)26-12-18(25)15-8-10-16(11-9-15)20-14(2)24/h8-11,17H,3-7,12H2,1-2H3,(H,20,24). The molecule has 3 rings (SSSR count). The van der Waals surface area contributed by atoms with Crippen LogP contribution in [-0.2, 0) is 4.79 Å². The summed E-state index contributed by atoms with van der Waals surface area (Å²) in [6.07, 6.45) is 6.10. The molecule has 0 bridgehead atoms. The number of rotatable bonds is 6. The van der Waals surface area contributed by atoms with Crippen molar-refractivity contribution in [3.05, 3.63) is 35.7 Å². The summed E-state index contributed by atoms with van der Waals surface area (Å²) in [7, 11) is 0. The minimum atomic E-state index is -0.128. The second-order valence-corrected chi connectivity index (χ2v) is 7.60. The molecule has 0 atom stereocenters. The smallest absolute Gasteiger partial charge is 0.221 e. The van der Waals surface area contributed by atoms with Gasteiger partial charge < -0.3 is 9.88 Å². The predicted octanol–water partition coefficient (Wildman–Crippen LogP) is 4.03.